The van der Waals surface area contributed by atoms with Crippen molar-refractivity contribution in [3.05, 3.63) is 0 Å². The zero-order chi connectivity index (χ0) is 6.73. The molecule has 0 fully saturated rings. The normalized spacial score (nSPS) is 18.8. The van der Waals surface area contributed by atoms with E-state index >= 15 is 0 Å². The van der Waals surface area contributed by atoms with Crippen LogP contribution in [0.5, 0.6) is 0 Å². The Kier molecular flexibility index (Phi) is 3.02. The molecule has 0 aromatic rings. The fourth-order valence-corrected chi connectivity index (χ4v) is 0.394. The largest absolute Gasteiger partial charge is 0.379 e. The number of aliphatic hydroxyl groups excluding tert-OH is 1. The van der Waals surface area contributed by atoms with Crippen LogP contribution in [0.3, 0.4) is 0 Å². The van der Waals surface area contributed by atoms with Crippen LogP contribution in [0.4, 0.5) is 0 Å². The predicted octanol–water partition coefficient (Wildman–Crippen LogP) is 0.556. The fourth-order valence-electron chi connectivity index (χ4n) is 0.394. The van der Waals surface area contributed by atoms with Gasteiger partial charge in [0.15, 0.2) is 0 Å². The van der Waals surface area contributed by atoms with Gasteiger partial charge in [-0.1, -0.05) is 20.8 Å². The van der Waals surface area contributed by atoms with Crippen molar-refractivity contribution in [2.75, 3.05) is 0 Å². The summed E-state index contributed by atoms with van der Waals surface area (Å²) >= 11 is 0. The molecule has 0 saturated carbocycles. The average molecular weight is 117 g/mol. The maximum absolute atomic E-state index is 8.77. The lowest BCUT2D eigenvalue weighted by molar-refractivity contribution is 0.0980. The second-order valence-corrected chi connectivity index (χ2v) is 2.59. The minimum atomic E-state index is -0.657. The molecule has 0 aromatic heterocycles. The molecule has 0 heterocycles. The Bertz CT molecular complexity index is 53.5. The number of aliphatic hydroxyl groups is 1. The van der Waals surface area contributed by atoms with E-state index < -0.39 is 6.23 Å². The monoisotopic (exact) mass is 117 g/mol. The lowest BCUT2D eigenvalue weighted by atomic mass is 9.97. The van der Waals surface area contributed by atoms with Gasteiger partial charge >= 0.3 is 0 Å². The third-order valence-corrected chi connectivity index (χ3v) is 1.59. The van der Waals surface area contributed by atoms with Gasteiger partial charge in [0.1, 0.15) is 6.23 Å². The van der Waals surface area contributed by atoms with E-state index in [1.807, 2.05) is 20.8 Å². The molecule has 0 radical (unpaired) electrons. The lowest BCUT2D eigenvalue weighted by Gasteiger charge is -2.17. The van der Waals surface area contributed by atoms with Gasteiger partial charge in [0.25, 0.3) is 0 Å². The zero-order valence-corrected chi connectivity index (χ0v) is 5.76. The van der Waals surface area contributed by atoms with E-state index in [1.54, 1.807) is 0 Å². The first-order chi connectivity index (χ1) is 3.55. The summed E-state index contributed by atoms with van der Waals surface area (Å²) in [5, 5.41) is 8.77. The summed E-state index contributed by atoms with van der Waals surface area (Å²) < 4.78 is 0. The van der Waals surface area contributed by atoms with Gasteiger partial charge < -0.3 is 10.8 Å². The minimum absolute atomic E-state index is 0.204. The Labute approximate surface area is 50.7 Å². The highest BCUT2D eigenvalue weighted by Crippen LogP contribution is 2.10. The molecule has 0 unspecified atom stereocenters. The van der Waals surface area contributed by atoms with Crippen LogP contribution in [0.25, 0.3) is 0 Å². The summed E-state index contributed by atoms with van der Waals surface area (Å²) in [6.07, 6.45) is -0.657. The van der Waals surface area contributed by atoms with E-state index in [0.717, 1.165) is 0 Å². The second kappa shape index (κ2) is 3.05. The highest BCUT2D eigenvalue weighted by Gasteiger charge is 2.11. The van der Waals surface area contributed by atoms with Crippen LogP contribution in [-0.2, 0) is 0 Å². The number of nitrogens with two attached hydrogens (primary N) is 1. The Morgan fingerprint density at radius 1 is 1.25 bits per heavy atom. The van der Waals surface area contributed by atoms with Crippen LogP contribution in [-0.4, -0.2) is 11.3 Å². The first-order valence-corrected chi connectivity index (χ1v) is 2.99. The summed E-state index contributed by atoms with van der Waals surface area (Å²) in [5.74, 6) is 0.671. The molecule has 0 rings (SSSR count). The van der Waals surface area contributed by atoms with Crippen molar-refractivity contribution in [1.82, 2.24) is 0 Å². The summed E-state index contributed by atoms with van der Waals surface area (Å²) in [7, 11) is 0. The molecule has 0 aliphatic heterocycles. The van der Waals surface area contributed by atoms with Gasteiger partial charge in [0, 0.05) is 0 Å². The average Bonchev–Trinajstić information content (AvgIpc) is 1.64. The molecular formula is C6H15NO. The number of hydrogen-bond acceptors (Lipinski definition) is 2. The molecule has 3 N–H and O–H groups in total. The van der Waals surface area contributed by atoms with E-state index in [2.05, 4.69) is 0 Å². The van der Waals surface area contributed by atoms with Crippen molar-refractivity contribution in [2.45, 2.75) is 27.0 Å². The molecule has 0 saturated heterocycles. The number of hydrogen-bond donors (Lipinski definition) is 2. The van der Waals surface area contributed by atoms with Crippen molar-refractivity contribution in [1.29, 1.82) is 0 Å². The first-order valence-electron chi connectivity index (χ1n) is 2.99. The van der Waals surface area contributed by atoms with Crippen LogP contribution in [0.15, 0.2) is 0 Å². The molecule has 0 amide bonds. The van der Waals surface area contributed by atoms with Crippen molar-refractivity contribution >= 4 is 0 Å². The predicted molar refractivity (Wildman–Crippen MR) is 34.2 cm³/mol. The van der Waals surface area contributed by atoms with Gasteiger partial charge in [0.05, 0.1) is 0 Å². The minimum Gasteiger partial charge on any atom is -0.379 e. The molecular weight excluding hydrogens is 102 g/mol. The van der Waals surface area contributed by atoms with Gasteiger partial charge in [0.2, 0.25) is 0 Å². The van der Waals surface area contributed by atoms with E-state index in [9.17, 15) is 0 Å². The summed E-state index contributed by atoms with van der Waals surface area (Å²) in [5.41, 5.74) is 5.19. The Balaban J connectivity index is 3.46. The molecule has 0 aromatic carbocycles. The standard InChI is InChI=1S/C6H15NO/c1-4(2)5(3)6(7)8/h4-6,8H,7H2,1-3H3/t5-,6+/m0/s1. The topological polar surface area (TPSA) is 46.2 Å². The van der Waals surface area contributed by atoms with Crippen molar-refractivity contribution in [3.8, 4) is 0 Å². The van der Waals surface area contributed by atoms with E-state index in [1.165, 1.54) is 0 Å². The zero-order valence-electron chi connectivity index (χ0n) is 5.76. The van der Waals surface area contributed by atoms with Gasteiger partial charge in [-0.15, -0.1) is 0 Å². The Morgan fingerprint density at radius 2 is 1.62 bits per heavy atom. The van der Waals surface area contributed by atoms with Gasteiger partial charge in [-0.25, -0.2) is 0 Å². The summed E-state index contributed by atoms with van der Waals surface area (Å²) in [6, 6.07) is 0. The first kappa shape index (κ1) is 7.92. The SMILES string of the molecule is CC(C)[C@H](C)[C@H](N)O. The molecule has 0 bridgehead atoms. The quantitative estimate of drug-likeness (QED) is 0.519. The molecule has 0 aliphatic carbocycles. The van der Waals surface area contributed by atoms with Crippen molar-refractivity contribution in [2.24, 2.45) is 17.6 Å². The third kappa shape index (κ3) is 2.28. The van der Waals surface area contributed by atoms with Crippen LogP contribution < -0.4 is 5.73 Å². The van der Waals surface area contributed by atoms with Gasteiger partial charge in [-0.05, 0) is 11.8 Å². The fraction of sp³-hybridized carbons (Fsp3) is 1.00. The Hall–Kier alpha value is -0.0800. The molecule has 0 aliphatic rings. The van der Waals surface area contributed by atoms with Crippen LogP contribution in [0.2, 0.25) is 0 Å². The maximum atomic E-state index is 8.77. The van der Waals surface area contributed by atoms with Crippen LogP contribution in [0.1, 0.15) is 20.8 Å². The highest BCUT2D eigenvalue weighted by molar-refractivity contribution is 4.60. The van der Waals surface area contributed by atoms with Crippen molar-refractivity contribution in [3.63, 3.8) is 0 Å². The van der Waals surface area contributed by atoms with Crippen molar-refractivity contribution < 1.29 is 5.11 Å². The van der Waals surface area contributed by atoms with Gasteiger partial charge in [-0.2, -0.15) is 0 Å². The highest BCUT2D eigenvalue weighted by atomic mass is 16.3. The van der Waals surface area contributed by atoms with Crippen LogP contribution >= 0.6 is 0 Å². The lowest BCUT2D eigenvalue weighted by Crippen LogP contribution is -2.30. The molecule has 8 heavy (non-hydrogen) atoms. The smallest absolute Gasteiger partial charge is 0.105 e. The molecule has 50 valence electrons. The second-order valence-electron chi connectivity index (χ2n) is 2.59. The molecule has 2 heteroatoms. The summed E-state index contributed by atoms with van der Waals surface area (Å²) in [6.45, 7) is 6.02. The van der Waals surface area contributed by atoms with E-state index in [0.29, 0.717) is 5.92 Å². The molecule has 2 nitrogen and oxygen atoms in total. The molecule has 2 atom stereocenters. The maximum Gasteiger partial charge on any atom is 0.105 e. The third-order valence-electron chi connectivity index (χ3n) is 1.59. The van der Waals surface area contributed by atoms with Crippen LogP contribution in [0, 0.1) is 11.8 Å². The molecule has 0 spiro atoms. The Morgan fingerprint density at radius 3 is 1.62 bits per heavy atom. The van der Waals surface area contributed by atoms with Gasteiger partial charge in [-0.3, -0.25) is 0 Å². The number of rotatable bonds is 2. The van der Waals surface area contributed by atoms with E-state index in [4.69, 9.17) is 10.8 Å². The summed E-state index contributed by atoms with van der Waals surface area (Å²) in [4.78, 5) is 0. The van der Waals surface area contributed by atoms with E-state index in [-0.39, 0.29) is 5.92 Å².